The number of nitrogens with one attached hydrogen (secondary N) is 1. The maximum absolute atomic E-state index is 13.9. The number of rotatable bonds is 6. The van der Waals surface area contributed by atoms with Gasteiger partial charge in [0.15, 0.2) is 0 Å². The molecule has 0 aliphatic carbocycles. The molecule has 11 heteroatoms. The van der Waals surface area contributed by atoms with Crippen molar-refractivity contribution in [1.82, 2.24) is 15.1 Å². The molecule has 0 aliphatic rings. The van der Waals surface area contributed by atoms with Crippen LogP contribution < -0.4 is 10.2 Å². The minimum absolute atomic E-state index is 0.0907. The third-order valence-electron chi connectivity index (χ3n) is 5.71. The van der Waals surface area contributed by atoms with Crippen LogP contribution in [0.3, 0.4) is 0 Å². The lowest BCUT2D eigenvalue weighted by Crippen LogP contribution is -2.49. The highest BCUT2D eigenvalue weighted by Crippen LogP contribution is 2.38. The van der Waals surface area contributed by atoms with Gasteiger partial charge in [0.2, 0.25) is 5.91 Å². The van der Waals surface area contributed by atoms with Gasteiger partial charge in [0, 0.05) is 17.1 Å². The van der Waals surface area contributed by atoms with Crippen LogP contribution in [0, 0.1) is 6.92 Å². The molecule has 4 rings (SSSR count). The van der Waals surface area contributed by atoms with E-state index in [1.807, 2.05) is 37.3 Å². The molecule has 4 aromatic rings. The standard InChI is InChI=1S/C26H24ClF3N4O2S/c1-14(2)31-23(35)16(4)33(18-10-11-21(27)20(12-18)26(28,29)30)24(36)22-13-19-15(3)32-34(25(19)37-22)17-8-6-5-7-9-17/h5-14,16H,1-4H3,(H,31,35). The smallest absolute Gasteiger partial charge is 0.352 e. The first-order chi connectivity index (χ1) is 17.4. The third-order valence-corrected chi connectivity index (χ3v) is 7.13. The minimum atomic E-state index is -4.74. The molecule has 1 atom stereocenters. The van der Waals surface area contributed by atoms with Crippen LogP contribution in [-0.2, 0) is 11.0 Å². The largest absolute Gasteiger partial charge is 0.417 e. The lowest BCUT2D eigenvalue weighted by Gasteiger charge is -2.29. The molecule has 6 nitrogen and oxygen atoms in total. The SMILES string of the molecule is Cc1nn(-c2ccccc2)c2sc(C(=O)N(c3ccc(Cl)c(C(F)(F)F)c3)C(C)C(=O)NC(C)C)cc12. The quantitative estimate of drug-likeness (QED) is 0.294. The Morgan fingerprint density at radius 1 is 1.08 bits per heavy atom. The van der Waals surface area contributed by atoms with Crippen molar-refractivity contribution in [3.05, 3.63) is 75.8 Å². The number of hydrogen-bond donors (Lipinski definition) is 1. The van der Waals surface area contributed by atoms with E-state index in [9.17, 15) is 22.8 Å². The van der Waals surface area contributed by atoms with Crippen molar-refractivity contribution >= 4 is 50.7 Å². The fourth-order valence-corrected chi connectivity index (χ4v) is 5.28. The van der Waals surface area contributed by atoms with Crippen LogP contribution in [-0.4, -0.2) is 33.7 Å². The normalized spacial score (nSPS) is 12.7. The highest BCUT2D eigenvalue weighted by Gasteiger charge is 2.36. The maximum atomic E-state index is 13.9. The van der Waals surface area contributed by atoms with Gasteiger partial charge in [0.05, 0.1) is 26.8 Å². The van der Waals surface area contributed by atoms with E-state index in [2.05, 4.69) is 10.4 Å². The highest BCUT2D eigenvalue weighted by molar-refractivity contribution is 7.20. The zero-order chi connectivity index (χ0) is 27.1. The Balaban J connectivity index is 1.83. The second-order valence-corrected chi connectivity index (χ2v) is 10.3. The van der Waals surface area contributed by atoms with Crippen LogP contribution in [0.25, 0.3) is 15.9 Å². The molecule has 1 unspecified atom stereocenters. The summed E-state index contributed by atoms with van der Waals surface area (Å²) in [5, 5.41) is 7.53. The lowest BCUT2D eigenvalue weighted by molar-refractivity contribution is -0.137. The molecule has 0 bridgehead atoms. The average molecular weight is 549 g/mol. The molecule has 0 radical (unpaired) electrons. The Labute approximate surface area is 220 Å². The van der Waals surface area contributed by atoms with Gasteiger partial charge in [0.25, 0.3) is 5.91 Å². The first-order valence-electron chi connectivity index (χ1n) is 11.4. The Kier molecular flexibility index (Phi) is 7.34. The van der Waals surface area contributed by atoms with Gasteiger partial charge in [-0.3, -0.25) is 14.5 Å². The first kappa shape index (κ1) is 26.7. The van der Waals surface area contributed by atoms with E-state index in [-0.39, 0.29) is 16.6 Å². The number of anilines is 1. The molecule has 2 amide bonds. The van der Waals surface area contributed by atoms with Crippen LogP contribution in [0.2, 0.25) is 5.02 Å². The Morgan fingerprint density at radius 2 is 1.76 bits per heavy atom. The molecule has 37 heavy (non-hydrogen) atoms. The molecule has 2 aromatic heterocycles. The van der Waals surface area contributed by atoms with E-state index in [4.69, 9.17) is 11.6 Å². The third kappa shape index (κ3) is 5.35. The van der Waals surface area contributed by atoms with E-state index in [0.717, 1.165) is 39.4 Å². The number of nitrogens with zero attached hydrogens (tertiary/aromatic N) is 3. The summed E-state index contributed by atoms with van der Waals surface area (Å²) in [5.74, 6) is -1.11. The van der Waals surface area contributed by atoms with Gasteiger partial charge in [-0.25, -0.2) is 4.68 Å². The molecule has 0 fully saturated rings. The number of carbonyl (C=O) groups excluding carboxylic acids is 2. The molecule has 1 N–H and O–H groups in total. The Morgan fingerprint density at radius 3 is 2.38 bits per heavy atom. The summed E-state index contributed by atoms with van der Waals surface area (Å²) in [7, 11) is 0. The number of hydrogen-bond acceptors (Lipinski definition) is 4. The second-order valence-electron chi connectivity index (χ2n) is 8.84. The number of aromatic nitrogens is 2. The number of carbonyl (C=O) groups is 2. The molecule has 0 saturated carbocycles. The fraction of sp³-hybridized carbons (Fsp3) is 0.269. The van der Waals surface area contributed by atoms with E-state index in [1.54, 1.807) is 24.6 Å². The van der Waals surface area contributed by atoms with Crippen molar-refractivity contribution in [2.75, 3.05) is 4.90 Å². The first-order valence-corrected chi connectivity index (χ1v) is 12.6. The molecule has 2 aromatic carbocycles. The topological polar surface area (TPSA) is 67.2 Å². The summed E-state index contributed by atoms with van der Waals surface area (Å²) in [6.45, 7) is 6.80. The minimum Gasteiger partial charge on any atom is -0.352 e. The van der Waals surface area contributed by atoms with Crippen molar-refractivity contribution in [2.45, 2.75) is 46.0 Å². The number of halogens is 4. The molecule has 0 saturated heterocycles. The molecule has 2 heterocycles. The number of para-hydroxylation sites is 1. The number of amides is 2. The Bertz CT molecular complexity index is 1460. The maximum Gasteiger partial charge on any atom is 0.417 e. The van der Waals surface area contributed by atoms with E-state index < -0.39 is 34.6 Å². The van der Waals surface area contributed by atoms with Crippen LogP contribution >= 0.6 is 22.9 Å². The van der Waals surface area contributed by atoms with Crippen molar-refractivity contribution in [3.63, 3.8) is 0 Å². The lowest BCUT2D eigenvalue weighted by atomic mass is 10.1. The predicted molar refractivity (Wildman–Crippen MR) is 140 cm³/mol. The number of fused-ring (bicyclic) bond motifs is 1. The van der Waals surface area contributed by atoms with Crippen LogP contribution in [0.4, 0.5) is 18.9 Å². The zero-order valence-corrected chi connectivity index (χ0v) is 22.0. The van der Waals surface area contributed by atoms with Gasteiger partial charge in [-0.1, -0.05) is 29.8 Å². The van der Waals surface area contributed by atoms with E-state index >= 15 is 0 Å². The molecule has 0 spiro atoms. The zero-order valence-electron chi connectivity index (χ0n) is 20.4. The molecule has 0 aliphatic heterocycles. The van der Waals surface area contributed by atoms with Crippen molar-refractivity contribution in [1.29, 1.82) is 0 Å². The summed E-state index contributed by atoms with van der Waals surface area (Å²) < 4.78 is 42.6. The monoisotopic (exact) mass is 548 g/mol. The molecular formula is C26H24ClF3N4O2S. The summed E-state index contributed by atoms with van der Waals surface area (Å²) in [5.41, 5.74) is 0.312. The summed E-state index contributed by atoms with van der Waals surface area (Å²) in [6.07, 6.45) is -4.74. The summed E-state index contributed by atoms with van der Waals surface area (Å²) >= 11 is 6.97. The van der Waals surface area contributed by atoms with Crippen molar-refractivity contribution < 1.29 is 22.8 Å². The average Bonchev–Trinajstić information content (AvgIpc) is 3.40. The highest BCUT2D eigenvalue weighted by atomic mass is 35.5. The van der Waals surface area contributed by atoms with Crippen molar-refractivity contribution in [2.24, 2.45) is 0 Å². The predicted octanol–water partition coefficient (Wildman–Crippen LogP) is 6.63. The van der Waals surface area contributed by atoms with Gasteiger partial charge in [-0.2, -0.15) is 18.3 Å². The van der Waals surface area contributed by atoms with E-state index in [0.29, 0.717) is 10.5 Å². The van der Waals surface area contributed by atoms with Crippen LogP contribution in [0.5, 0.6) is 0 Å². The summed E-state index contributed by atoms with van der Waals surface area (Å²) in [6, 6.07) is 12.9. The number of thiophene rings is 1. The number of benzene rings is 2. The van der Waals surface area contributed by atoms with Crippen molar-refractivity contribution in [3.8, 4) is 5.69 Å². The van der Waals surface area contributed by atoms with E-state index in [1.165, 1.54) is 13.0 Å². The second kappa shape index (κ2) is 10.2. The Hall–Kier alpha value is -3.37. The van der Waals surface area contributed by atoms with Crippen LogP contribution in [0.1, 0.15) is 41.7 Å². The molecule has 194 valence electrons. The number of alkyl halides is 3. The van der Waals surface area contributed by atoms with Crippen LogP contribution in [0.15, 0.2) is 54.6 Å². The molecular weight excluding hydrogens is 525 g/mol. The fourth-order valence-electron chi connectivity index (χ4n) is 3.93. The summed E-state index contributed by atoms with van der Waals surface area (Å²) in [4.78, 5) is 28.8. The van der Waals surface area contributed by atoms with Gasteiger partial charge in [-0.05, 0) is 64.1 Å². The van der Waals surface area contributed by atoms with Gasteiger partial charge in [-0.15, -0.1) is 11.3 Å². The van der Waals surface area contributed by atoms with Gasteiger partial charge < -0.3 is 5.32 Å². The number of aryl methyl sites for hydroxylation is 1. The van der Waals surface area contributed by atoms with Gasteiger partial charge in [0.1, 0.15) is 10.9 Å². The van der Waals surface area contributed by atoms with Gasteiger partial charge >= 0.3 is 6.18 Å².